The number of para-hydroxylation sites is 1. The summed E-state index contributed by atoms with van der Waals surface area (Å²) in [6.45, 7) is 0.251. The molecule has 1 unspecified atom stereocenters. The average molecular weight is 564 g/mol. The first-order chi connectivity index (χ1) is 18.9. The molecule has 2 heterocycles. The second-order valence-electron chi connectivity index (χ2n) is 8.86. The summed E-state index contributed by atoms with van der Waals surface area (Å²) in [7, 11) is 0. The molecular weight excluding hydrogens is 541 g/mol. The Bertz CT molecular complexity index is 1490. The molecule has 2 aliphatic rings. The lowest BCUT2D eigenvalue weighted by Gasteiger charge is -2.31. The van der Waals surface area contributed by atoms with Crippen molar-refractivity contribution >= 4 is 63.5 Å². The number of nitrogens with one attached hydrogen (secondary N) is 2. The molecule has 8 nitrogen and oxygen atoms in total. The zero-order valence-electron chi connectivity index (χ0n) is 20.6. The number of halogens is 2. The second-order valence-corrected chi connectivity index (χ2v) is 10.2. The van der Waals surface area contributed by atoms with Crippen molar-refractivity contribution in [3.63, 3.8) is 0 Å². The summed E-state index contributed by atoms with van der Waals surface area (Å²) >= 11 is 7.19. The molecule has 0 bridgehead atoms. The Labute approximate surface area is 233 Å². The summed E-state index contributed by atoms with van der Waals surface area (Å²) < 4.78 is 13.1. The van der Waals surface area contributed by atoms with Crippen LogP contribution in [0.2, 0.25) is 5.02 Å². The molecule has 3 aromatic carbocycles. The van der Waals surface area contributed by atoms with Gasteiger partial charge in [0.05, 0.1) is 11.4 Å². The molecule has 11 heteroatoms. The highest BCUT2D eigenvalue weighted by Gasteiger charge is 2.41. The van der Waals surface area contributed by atoms with Crippen LogP contribution >= 0.6 is 23.4 Å². The van der Waals surface area contributed by atoms with Gasteiger partial charge < -0.3 is 10.6 Å². The van der Waals surface area contributed by atoms with Crippen LogP contribution in [0.25, 0.3) is 0 Å². The van der Waals surface area contributed by atoms with Gasteiger partial charge in [0, 0.05) is 29.2 Å². The lowest BCUT2D eigenvalue weighted by molar-refractivity contribution is -0.122. The Morgan fingerprint density at radius 2 is 1.79 bits per heavy atom. The van der Waals surface area contributed by atoms with Gasteiger partial charge in [0.15, 0.2) is 5.17 Å². The van der Waals surface area contributed by atoms with Crippen LogP contribution in [0.5, 0.6) is 0 Å². The molecule has 0 fully saturated rings. The van der Waals surface area contributed by atoms with Crippen molar-refractivity contribution in [3.05, 3.63) is 94.8 Å². The third-order valence-electron chi connectivity index (χ3n) is 6.10. The number of anilines is 1. The van der Waals surface area contributed by atoms with Gasteiger partial charge in [-0.15, -0.1) is 0 Å². The molecule has 0 aliphatic carbocycles. The fourth-order valence-corrected chi connectivity index (χ4v) is 5.27. The number of carbonyl (C=O) groups is 3. The highest BCUT2D eigenvalue weighted by molar-refractivity contribution is 8.14. The van der Waals surface area contributed by atoms with Gasteiger partial charge >= 0.3 is 0 Å². The van der Waals surface area contributed by atoms with E-state index >= 15 is 0 Å². The van der Waals surface area contributed by atoms with E-state index < -0.39 is 6.04 Å². The first-order valence-corrected chi connectivity index (χ1v) is 13.5. The molecule has 0 spiro atoms. The molecule has 3 amide bonds. The molecule has 2 N–H and O–H groups in total. The van der Waals surface area contributed by atoms with Crippen molar-refractivity contribution in [2.24, 2.45) is 9.98 Å². The fourth-order valence-electron chi connectivity index (χ4n) is 4.23. The Kier molecular flexibility index (Phi) is 8.04. The molecule has 198 valence electrons. The van der Waals surface area contributed by atoms with Crippen LogP contribution in [0.4, 0.5) is 15.8 Å². The first-order valence-electron chi connectivity index (χ1n) is 12.2. The van der Waals surface area contributed by atoms with Crippen molar-refractivity contribution in [2.45, 2.75) is 25.4 Å². The number of amidine groups is 2. The highest BCUT2D eigenvalue weighted by atomic mass is 35.5. The van der Waals surface area contributed by atoms with E-state index in [0.29, 0.717) is 33.0 Å². The van der Waals surface area contributed by atoms with Crippen molar-refractivity contribution in [2.75, 3.05) is 11.1 Å². The van der Waals surface area contributed by atoms with Crippen molar-refractivity contribution in [3.8, 4) is 0 Å². The van der Waals surface area contributed by atoms with Crippen LogP contribution in [-0.4, -0.2) is 45.4 Å². The molecule has 2 aliphatic heterocycles. The molecule has 0 aromatic heterocycles. The molecule has 0 saturated carbocycles. The summed E-state index contributed by atoms with van der Waals surface area (Å²) in [5.41, 5.74) is 2.70. The summed E-state index contributed by atoms with van der Waals surface area (Å²) in [6, 6.07) is 19.3. The first kappa shape index (κ1) is 26.6. The highest BCUT2D eigenvalue weighted by Crippen LogP contribution is 2.35. The van der Waals surface area contributed by atoms with Crippen molar-refractivity contribution in [1.29, 1.82) is 0 Å². The molecule has 5 rings (SSSR count). The van der Waals surface area contributed by atoms with E-state index in [1.807, 2.05) is 24.3 Å². The van der Waals surface area contributed by atoms with E-state index in [9.17, 15) is 18.8 Å². The maximum atomic E-state index is 13.1. The SMILES string of the molecule is O=C(CCC1C(=O)N=C2c3ccccc3N=C(SCC(=O)Nc3cccc(Cl)c3)N21)NCc1ccc(F)cc1. The third-order valence-corrected chi connectivity index (χ3v) is 7.28. The summed E-state index contributed by atoms with van der Waals surface area (Å²) in [4.78, 5) is 48.9. The van der Waals surface area contributed by atoms with Crippen LogP contribution < -0.4 is 10.6 Å². The van der Waals surface area contributed by atoms with Gasteiger partial charge in [0.2, 0.25) is 11.8 Å². The Hall–Kier alpha value is -4.02. The van der Waals surface area contributed by atoms with Gasteiger partial charge in [-0.3, -0.25) is 19.3 Å². The average Bonchev–Trinajstić information content (AvgIpc) is 3.26. The van der Waals surface area contributed by atoms with E-state index in [-0.39, 0.29) is 48.7 Å². The molecule has 3 aromatic rings. The number of carbonyl (C=O) groups excluding carboxylic acids is 3. The van der Waals surface area contributed by atoms with Crippen LogP contribution in [0.15, 0.2) is 82.8 Å². The predicted molar refractivity (Wildman–Crippen MR) is 151 cm³/mol. The second kappa shape index (κ2) is 11.8. The summed E-state index contributed by atoms with van der Waals surface area (Å²) in [5, 5.41) is 6.56. The van der Waals surface area contributed by atoms with E-state index in [0.717, 1.165) is 5.56 Å². The van der Waals surface area contributed by atoms with E-state index in [4.69, 9.17) is 16.6 Å². The Morgan fingerprint density at radius 3 is 2.59 bits per heavy atom. The minimum atomic E-state index is -0.729. The molecule has 39 heavy (non-hydrogen) atoms. The zero-order valence-corrected chi connectivity index (χ0v) is 22.1. The number of fused-ring (bicyclic) bond motifs is 3. The lowest BCUT2D eigenvalue weighted by Crippen LogP contribution is -2.44. The number of thioether (sulfide) groups is 1. The van der Waals surface area contributed by atoms with Crippen LogP contribution in [0.1, 0.15) is 24.0 Å². The number of amides is 3. The van der Waals surface area contributed by atoms with E-state index in [1.54, 1.807) is 41.3 Å². The minimum Gasteiger partial charge on any atom is -0.352 e. The van der Waals surface area contributed by atoms with Gasteiger partial charge in [-0.1, -0.05) is 53.7 Å². The van der Waals surface area contributed by atoms with Gasteiger partial charge in [-0.2, -0.15) is 4.99 Å². The maximum absolute atomic E-state index is 13.1. The Morgan fingerprint density at radius 1 is 1.00 bits per heavy atom. The van der Waals surface area contributed by atoms with Gasteiger partial charge in [-0.05, 0) is 54.4 Å². The minimum absolute atomic E-state index is 0.0381. The molecule has 0 radical (unpaired) electrons. The number of hydrogen-bond donors (Lipinski definition) is 2. The van der Waals surface area contributed by atoms with E-state index in [1.165, 1.54) is 23.9 Å². The third kappa shape index (κ3) is 6.35. The smallest absolute Gasteiger partial charge is 0.270 e. The summed E-state index contributed by atoms with van der Waals surface area (Å²) in [5.74, 6) is -0.725. The topological polar surface area (TPSA) is 103 Å². The van der Waals surface area contributed by atoms with Gasteiger partial charge in [0.25, 0.3) is 5.91 Å². The van der Waals surface area contributed by atoms with Crippen LogP contribution in [0.3, 0.4) is 0 Å². The number of aliphatic imine (C=N–C) groups is 2. The monoisotopic (exact) mass is 563 g/mol. The predicted octanol–water partition coefficient (Wildman–Crippen LogP) is 4.91. The number of hydrogen-bond acceptors (Lipinski definition) is 6. The van der Waals surface area contributed by atoms with E-state index in [2.05, 4.69) is 15.6 Å². The molecular formula is C28H23ClFN5O3S. The van der Waals surface area contributed by atoms with Crippen LogP contribution in [0, 0.1) is 5.82 Å². The standard InChI is InChI=1S/C28H23ClFN5O3S/c29-18-4-3-5-20(14-18)32-25(37)16-39-28-33-22-7-2-1-6-21(22)26-34-27(38)23(35(26)28)12-13-24(36)31-15-17-8-10-19(30)11-9-17/h1-11,14,23H,12-13,15-16H2,(H,31,36)(H,32,37). The van der Waals surface area contributed by atoms with Crippen molar-refractivity contribution < 1.29 is 18.8 Å². The largest absolute Gasteiger partial charge is 0.352 e. The van der Waals surface area contributed by atoms with Crippen LogP contribution in [-0.2, 0) is 20.9 Å². The van der Waals surface area contributed by atoms with Crippen molar-refractivity contribution in [1.82, 2.24) is 10.2 Å². The zero-order chi connectivity index (χ0) is 27.4. The van der Waals surface area contributed by atoms with Gasteiger partial charge in [-0.25, -0.2) is 9.38 Å². The number of benzene rings is 3. The maximum Gasteiger partial charge on any atom is 0.270 e. The lowest BCUT2D eigenvalue weighted by atomic mass is 10.1. The summed E-state index contributed by atoms with van der Waals surface area (Å²) in [6.07, 6.45) is 0.281. The normalized spacial score (nSPS) is 15.7. The fraction of sp³-hybridized carbons (Fsp3) is 0.179. The molecule has 1 atom stereocenters. The quantitative estimate of drug-likeness (QED) is 0.405. The Balaban J connectivity index is 1.26. The number of rotatable bonds is 8. The molecule has 0 saturated heterocycles. The van der Waals surface area contributed by atoms with Gasteiger partial charge in [0.1, 0.15) is 17.7 Å². The number of nitrogens with zero attached hydrogens (tertiary/aromatic N) is 3.